The van der Waals surface area contributed by atoms with Gasteiger partial charge in [-0.3, -0.25) is 4.68 Å². The first kappa shape index (κ1) is 13.6. The number of carboxylic acids is 1. The smallest absolute Gasteiger partial charge is 0.332 e. The van der Waals surface area contributed by atoms with E-state index in [-0.39, 0.29) is 17.9 Å². The zero-order chi connectivity index (χ0) is 13.1. The van der Waals surface area contributed by atoms with Gasteiger partial charge in [-0.15, -0.1) is 0 Å². The first-order valence-electron chi connectivity index (χ1n) is 4.72. The summed E-state index contributed by atoms with van der Waals surface area (Å²) < 4.78 is 26.7. The number of aliphatic carboxylic acids is 1. The van der Waals surface area contributed by atoms with Gasteiger partial charge < -0.3 is 10.2 Å². The number of sulfonamides is 1. The molecular weight excluding hydrogens is 250 g/mol. The third-order valence-electron chi connectivity index (χ3n) is 1.99. The summed E-state index contributed by atoms with van der Waals surface area (Å²) in [6.45, 7) is -0.162. The van der Waals surface area contributed by atoms with Crippen molar-refractivity contribution in [2.75, 3.05) is 6.54 Å². The van der Waals surface area contributed by atoms with E-state index in [4.69, 9.17) is 10.2 Å². The van der Waals surface area contributed by atoms with Gasteiger partial charge in [0.05, 0.1) is 6.20 Å². The number of aryl methyl sites for hydroxylation is 1. The number of aromatic nitrogens is 2. The van der Waals surface area contributed by atoms with Crippen LogP contribution >= 0.6 is 0 Å². The second kappa shape index (κ2) is 5.25. The van der Waals surface area contributed by atoms with Crippen LogP contribution in [0.4, 0.5) is 0 Å². The molecule has 0 aliphatic carbocycles. The van der Waals surface area contributed by atoms with Crippen molar-refractivity contribution < 1.29 is 23.4 Å². The van der Waals surface area contributed by atoms with Crippen LogP contribution in [0.1, 0.15) is 6.42 Å². The monoisotopic (exact) mass is 263 g/mol. The second-order valence-corrected chi connectivity index (χ2v) is 5.16. The van der Waals surface area contributed by atoms with Gasteiger partial charge in [-0.05, 0) is 6.42 Å². The minimum atomic E-state index is -3.70. The highest BCUT2D eigenvalue weighted by Gasteiger charge is 2.18. The average molecular weight is 263 g/mol. The van der Waals surface area contributed by atoms with Gasteiger partial charge >= 0.3 is 5.97 Å². The molecule has 17 heavy (non-hydrogen) atoms. The number of carboxylic acid groups (broad SMARTS) is 1. The summed E-state index contributed by atoms with van der Waals surface area (Å²) in [5, 5.41) is 21.0. The molecule has 0 aliphatic rings. The van der Waals surface area contributed by atoms with E-state index in [2.05, 4.69) is 9.82 Å². The first-order valence-corrected chi connectivity index (χ1v) is 6.20. The van der Waals surface area contributed by atoms with Crippen LogP contribution in [-0.4, -0.2) is 47.0 Å². The molecule has 0 fully saturated rings. The van der Waals surface area contributed by atoms with Crippen LogP contribution in [-0.2, 0) is 21.9 Å². The molecule has 0 amide bonds. The average Bonchev–Trinajstić information content (AvgIpc) is 2.65. The largest absolute Gasteiger partial charge is 0.479 e. The van der Waals surface area contributed by atoms with Crippen molar-refractivity contribution in [2.45, 2.75) is 17.4 Å². The molecule has 0 spiro atoms. The molecule has 1 heterocycles. The van der Waals surface area contributed by atoms with E-state index in [1.165, 1.54) is 17.1 Å². The molecule has 1 rings (SSSR count). The molecule has 3 N–H and O–H groups in total. The number of nitrogens with one attached hydrogen (secondary N) is 1. The van der Waals surface area contributed by atoms with Crippen molar-refractivity contribution in [2.24, 2.45) is 7.05 Å². The lowest BCUT2D eigenvalue weighted by Crippen LogP contribution is -2.30. The molecule has 0 radical (unpaired) electrons. The summed E-state index contributed by atoms with van der Waals surface area (Å²) in [7, 11) is -2.12. The van der Waals surface area contributed by atoms with E-state index < -0.39 is 22.1 Å². The van der Waals surface area contributed by atoms with Crippen molar-refractivity contribution >= 4 is 16.0 Å². The maximum Gasteiger partial charge on any atom is 0.332 e. The Morgan fingerprint density at radius 3 is 2.76 bits per heavy atom. The molecule has 0 aromatic carbocycles. The van der Waals surface area contributed by atoms with Gasteiger partial charge in [0.2, 0.25) is 10.0 Å². The molecule has 8 nitrogen and oxygen atoms in total. The van der Waals surface area contributed by atoms with Crippen LogP contribution in [0.5, 0.6) is 0 Å². The predicted octanol–water partition coefficient (Wildman–Crippen LogP) is -1.47. The summed E-state index contributed by atoms with van der Waals surface area (Å²) >= 11 is 0. The van der Waals surface area contributed by atoms with Crippen LogP contribution in [0.25, 0.3) is 0 Å². The molecule has 1 atom stereocenters. The van der Waals surface area contributed by atoms with E-state index in [0.29, 0.717) is 0 Å². The van der Waals surface area contributed by atoms with Gasteiger partial charge in [-0.1, -0.05) is 0 Å². The summed E-state index contributed by atoms with van der Waals surface area (Å²) in [5.74, 6) is -1.38. The highest BCUT2D eigenvalue weighted by atomic mass is 32.2. The van der Waals surface area contributed by atoms with Crippen LogP contribution in [0.3, 0.4) is 0 Å². The maximum atomic E-state index is 11.6. The number of nitrogens with zero attached hydrogens (tertiary/aromatic N) is 2. The van der Waals surface area contributed by atoms with E-state index in [0.717, 1.165) is 0 Å². The highest BCUT2D eigenvalue weighted by Crippen LogP contribution is 2.05. The van der Waals surface area contributed by atoms with Crippen molar-refractivity contribution in [1.82, 2.24) is 14.5 Å². The number of hydrogen-bond donors (Lipinski definition) is 3. The Labute approximate surface area is 97.9 Å². The Hall–Kier alpha value is -1.45. The number of rotatable bonds is 6. The Balaban J connectivity index is 2.54. The van der Waals surface area contributed by atoms with E-state index in [9.17, 15) is 13.2 Å². The van der Waals surface area contributed by atoms with Crippen LogP contribution in [0, 0.1) is 0 Å². The van der Waals surface area contributed by atoms with E-state index >= 15 is 0 Å². The van der Waals surface area contributed by atoms with Crippen LogP contribution in [0.2, 0.25) is 0 Å². The number of hydrogen-bond acceptors (Lipinski definition) is 5. The number of carbonyl (C=O) groups is 1. The minimum Gasteiger partial charge on any atom is -0.479 e. The molecule has 9 heteroatoms. The lowest BCUT2D eigenvalue weighted by molar-refractivity contribution is -0.146. The zero-order valence-electron chi connectivity index (χ0n) is 9.07. The van der Waals surface area contributed by atoms with Gasteiger partial charge in [0, 0.05) is 19.8 Å². The third kappa shape index (κ3) is 3.80. The normalized spacial score (nSPS) is 13.5. The molecule has 0 bridgehead atoms. The Morgan fingerprint density at radius 1 is 1.65 bits per heavy atom. The summed E-state index contributed by atoms with van der Waals surface area (Å²) in [5.41, 5.74) is 0. The fraction of sp³-hybridized carbons (Fsp3) is 0.500. The molecule has 0 saturated heterocycles. The third-order valence-corrected chi connectivity index (χ3v) is 3.40. The molecule has 0 saturated carbocycles. The Morgan fingerprint density at radius 2 is 2.29 bits per heavy atom. The highest BCUT2D eigenvalue weighted by molar-refractivity contribution is 7.89. The molecule has 0 aliphatic heterocycles. The fourth-order valence-corrected chi connectivity index (χ4v) is 2.10. The maximum absolute atomic E-state index is 11.6. The van der Waals surface area contributed by atoms with E-state index in [1.54, 1.807) is 7.05 Å². The standard InChI is InChI=1S/C8H13N3O5S/c1-11-5-6(4-9-11)17(15,16)10-3-2-7(12)8(13)14/h4-5,7,10,12H,2-3H2,1H3,(H,13,14)/t7-/m0/s1. The van der Waals surface area contributed by atoms with Gasteiger partial charge in [-0.2, -0.15) is 5.10 Å². The predicted molar refractivity (Wildman–Crippen MR) is 56.7 cm³/mol. The lowest BCUT2D eigenvalue weighted by atomic mass is 10.3. The quantitative estimate of drug-likeness (QED) is 0.576. The molecule has 0 unspecified atom stereocenters. The zero-order valence-corrected chi connectivity index (χ0v) is 9.88. The number of aliphatic hydroxyl groups is 1. The van der Waals surface area contributed by atoms with Crippen molar-refractivity contribution in [3.8, 4) is 0 Å². The van der Waals surface area contributed by atoms with Crippen molar-refractivity contribution in [3.63, 3.8) is 0 Å². The molecule has 1 aromatic rings. The molecular formula is C8H13N3O5S. The SMILES string of the molecule is Cn1cc(S(=O)(=O)NCC[C@H](O)C(=O)O)cn1. The van der Waals surface area contributed by atoms with Gasteiger partial charge in [0.15, 0.2) is 6.10 Å². The topological polar surface area (TPSA) is 122 Å². The summed E-state index contributed by atoms with van der Waals surface area (Å²) in [6.07, 6.45) is 0.715. The van der Waals surface area contributed by atoms with Gasteiger partial charge in [0.25, 0.3) is 0 Å². The van der Waals surface area contributed by atoms with Crippen LogP contribution < -0.4 is 4.72 Å². The summed E-state index contributed by atoms with van der Waals surface area (Å²) in [6, 6.07) is 0. The number of aliphatic hydroxyl groups excluding tert-OH is 1. The van der Waals surface area contributed by atoms with Crippen LogP contribution in [0.15, 0.2) is 17.3 Å². The van der Waals surface area contributed by atoms with Gasteiger partial charge in [0.1, 0.15) is 4.90 Å². The first-order chi connectivity index (χ1) is 7.83. The lowest BCUT2D eigenvalue weighted by Gasteiger charge is -2.06. The summed E-state index contributed by atoms with van der Waals surface area (Å²) in [4.78, 5) is 10.3. The fourth-order valence-electron chi connectivity index (χ4n) is 1.07. The van der Waals surface area contributed by atoms with E-state index in [1.807, 2.05) is 0 Å². The molecule has 96 valence electrons. The van der Waals surface area contributed by atoms with Crippen molar-refractivity contribution in [1.29, 1.82) is 0 Å². The van der Waals surface area contributed by atoms with Gasteiger partial charge in [-0.25, -0.2) is 17.9 Å². The Bertz CT molecular complexity index is 495. The Kier molecular flexibility index (Phi) is 4.21. The van der Waals surface area contributed by atoms with Crippen molar-refractivity contribution in [3.05, 3.63) is 12.4 Å². The minimum absolute atomic E-state index is 0.00943. The molecule has 1 aromatic heterocycles. The second-order valence-electron chi connectivity index (χ2n) is 3.39.